The van der Waals surface area contributed by atoms with Crippen molar-refractivity contribution in [1.29, 1.82) is 5.26 Å². The number of anilines is 1. The average Bonchev–Trinajstić information content (AvgIpc) is 2.67. The highest BCUT2D eigenvalue weighted by atomic mass is 19.1. The number of ether oxygens (including phenoxy) is 1. The second-order valence-corrected chi connectivity index (χ2v) is 5.82. The van der Waals surface area contributed by atoms with E-state index in [1.807, 2.05) is 18.2 Å². The third kappa shape index (κ3) is 4.24. The Balaban J connectivity index is 1.67. The number of nitriles is 1. The van der Waals surface area contributed by atoms with Gasteiger partial charge >= 0.3 is 0 Å². The van der Waals surface area contributed by atoms with Gasteiger partial charge < -0.3 is 20.1 Å². The molecule has 1 aromatic carbocycles. The average molecular weight is 342 g/mol. The minimum Gasteiger partial charge on any atom is -0.473 e. The van der Waals surface area contributed by atoms with Crippen molar-refractivity contribution in [2.75, 3.05) is 31.1 Å². The molecule has 2 aromatic rings. The van der Waals surface area contributed by atoms with Crippen LogP contribution in [0.4, 0.5) is 10.2 Å². The molecule has 1 fully saturated rings. The van der Waals surface area contributed by atoms with Crippen molar-refractivity contribution in [2.45, 2.75) is 12.6 Å². The molecule has 2 N–H and O–H groups in total. The van der Waals surface area contributed by atoms with Gasteiger partial charge in [-0.25, -0.2) is 4.39 Å². The molecule has 25 heavy (non-hydrogen) atoms. The Kier molecular flexibility index (Phi) is 5.43. The van der Waals surface area contributed by atoms with E-state index in [1.165, 1.54) is 6.07 Å². The van der Waals surface area contributed by atoms with Gasteiger partial charge in [-0.2, -0.15) is 10.2 Å². The van der Waals surface area contributed by atoms with E-state index in [0.29, 0.717) is 18.0 Å². The predicted molar refractivity (Wildman–Crippen MR) is 90.8 cm³/mol. The molecule has 0 amide bonds. The van der Waals surface area contributed by atoms with E-state index in [-0.39, 0.29) is 24.8 Å². The molecule has 1 unspecified atom stereocenters. The van der Waals surface area contributed by atoms with Gasteiger partial charge in [-0.05, 0) is 18.2 Å². The van der Waals surface area contributed by atoms with Crippen LogP contribution in [-0.4, -0.2) is 42.4 Å². The van der Waals surface area contributed by atoms with Crippen LogP contribution >= 0.6 is 0 Å². The molecule has 2 heterocycles. The van der Waals surface area contributed by atoms with Crippen molar-refractivity contribution < 1.29 is 14.2 Å². The van der Waals surface area contributed by atoms with Crippen LogP contribution in [0.5, 0.6) is 5.88 Å². The summed E-state index contributed by atoms with van der Waals surface area (Å²) in [6.07, 6.45) is 0. The summed E-state index contributed by atoms with van der Waals surface area (Å²) in [5.74, 6) is 0.696. The minimum absolute atomic E-state index is 0.0212. The van der Waals surface area contributed by atoms with E-state index in [2.05, 4.69) is 15.2 Å². The number of rotatable bonds is 5. The first-order chi connectivity index (χ1) is 12.2. The van der Waals surface area contributed by atoms with Crippen LogP contribution in [0.1, 0.15) is 11.1 Å². The number of nitrogens with zero attached hydrogens (tertiary/aromatic N) is 3. The van der Waals surface area contributed by atoms with Crippen LogP contribution in [0, 0.1) is 17.1 Å². The van der Waals surface area contributed by atoms with Crippen molar-refractivity contribution in [3.05, 3.63) is 53.3 Å². The monoisotopic (exact) mass is 342 g/mol. The van der Waals surface area contributed by atoms with Crippen molar-refractivity contribution >= 4 is 5.82 Å². The first-order valence-electron chi connectivity index (χ1n) is 8.07. The third-order valence-electron chi connectivity index (χ3n) is 4.07. The van der Waals surface area contributed by atoms with Gasteiger partial charge in [-0.15, -0.1) is 0 Å². The van der Waals surface area contributed by atoms with Gasteiger partial charge in [0.25, 0.3) is 0 Å². The van der Waals surface area contributed by atoms with Gasteiger partial charge in [0.05, 0.1) is 18.2 Å². The minimum atomic E-state index is -0.469. The molecule has 0 bridgehead atoms. The molecule has 6 nitrogen and oxygen atoms in total. The zero-order valence-corrected chi connectivity index (χ0v) is 13.7. The summed E-state index contributed by atoms with van der Waals surface area (Å²) in [4.78, 5) is 6.54. The fourth-order valence-electron chi connectivity index (χ4n) is 2.70. The van der Waals surface area contributed by atoms with E-state index in [1.54, 1.807) is 18.2 Å². The fraction of sp³-hybridized carbons (Fsp3) is 0.333. The number of aliphatic hydroxyl groups is 1. The number of benzene rings is 1. The van der Waals surface area contributed by atoms with E-state index in [9.17, 15) is 9.50 Å². The van der Waals surface area contributed by atoms with Crippen molar-refractivity contribution in [3.8, 4) is 11.9 Å². The van der Waals surface area contributed by atoms with Crippen molar-refractivity contribution in [1.82, 2.24) is 10.3 Å². The molecule has 0 saturated carbocycles. The highest BCUT2D eigenvalue weighted by molar-refractivity contribution is 5.41. The standard InChI is InChI=1S/C18H19FN4O2/c19-16-8-13(9-20)4-5-14(16)12-25-18-3-1-2-17(22-18)23-7-6-21-15(10-23)11-24/h1-5,8,15,21,24H,6-7,10-12H2. The van der Waals surface area contributed by atoms with E-state index in [4.69, 9.17) is 10.00 Å². The van der Waals surface area contributed by atoms with Gasteiger partial charge in [-0.3, -0.25) is 0 Å². The Bertz CT molecular complexity index is 778. The van der Waals surface area contributed by atoms with Gasteiger partial charge in [0.2, 0.25) is 5.88 Å². The molecular weight excluding hydrogens is 323 g/mol. The lowest BCUT2D eigenvalue weighted by atomic mass is 10.1. The quantitative estimate of drug-likeness (QED) is 0.856. The lowest BCUT2D eigenvalue weighted by molar-refractivity contribution is 0.235. The summed E-state index contributed by atoms with van der Waals surface area (Å²) in [6.45, 7) is 2.34. The fourth-order valence-corrected chi connectivity index (χ4v) is 2.70. The Morgan fingerprint density at radius 3 is 3.04 bits per heavy atom. The topological polar surface area (TPSA) is 81.4 Å². The van der Waals surface area contributed by atoms with Crippen LogP contribution in [0.15, 0.2) is 36.4 Å². The smallest absolute Gasteiger partial charge is 0.215 e. The molecular formula is C18H19FN4O2. The van der Waals surface area contributed by atoms with E-state index < -0.39 is 5.82 Å². The maximum Gasteiger partial charge on any atom is 0.215 e. The number of nitrogens with one attached hydrogen (secondary N) is 1. The Labute approximate surface area is 145 Å². The first-order valence-corrected chi connectivity index (χ1v) is 8.07. The summed E-state index contributed by atoms with van der Waals surface area (Å²) in [6, 6.07) is 11.7. The molecule has 1 aliphatic heterocycles. The van der Waals surface area contributed by atoms with Crippen LogP contribution in [0.25, 0.3) is 0 Å². The van der Waals surface area contributed by atoms with E-state index in [0.717, 1.165) is 18.9 Å². The zero-order chi connectivity index (χ0) is 17.6. The first kappa shape index (κ1) is 17.1. The van der Waals surface area contributed by atoms with Gasteiger partial charge in [-0.1, -0.05) is 12.1 Å². The molecule has 1 aliphatic rings. The predicted octanol–water partition coefficient (Wildman–Crippen LogP) is 1.44. The molecule has 1 atom stereocenters. The molecule has 0 aliphatic carbocycles. The van der Waals surface area contributed by atoms with Crippen LogP contribution in [-0.2, 0) is 6.61 Å². The second kappa shape index (κ2) is 7.92. The van der Waals surface area contributed by atoms with Crippen molar-refractivity contribution in [3.63, 3.8) is 0 Å². The molecule has 3 rings (SSSR count). The Morgan fingerprint density at radius 1 is 1.40 bits per heavy atom. The normalized spacial score (nSPS) is 17.2. The Hall–Kier alpha value is -2.69. The van der Waals surface area contributed by atoms with Crippen LogP contribution < -0.4 is 15.0 Å². The number of hydrogen-bond donors (Lipinski definition) is 2. The highest BCUT2D eigenvalue weighted by Crippen LogP contribution is 2.19. The van der Waals surface area contributed by atoms with Gasteiger partial charge in [0, 0.05) is 37.3 Å². The van der Waals surface area contributed by atoms with E-state index >= 15 is 0 Å². The summed E-state index contributed by atoms with van der Waals surface area (Å²) in [7, 11) is 0. The molecule has 0 spiro atoms. The number of aliphatic hydroxyl groups excluding tert-OH is 1. The lowest BCUT2D eigenvalue weighted by Crippen LogP contribution is -2.52. The largest absolute Gasteiger partial charge is 0.473 e. The molecule has 130 valence electrons. The summed E-state index contributed by atoms with van der Waals surface area (Å²) in [5.41, 5.74) is 0.646. The molecule has 1 saturated heterocycles. The summed E-state index contributed by atoms with van der Waals surface area (Å²) in [5, 5.41) is 21.3. The van der Waals surface area contributed by atoms with Gasteiger partial charge in [0.1, 0.15) is 18.2 Å². The van der Waals surface area contributed by atoms with Crippen LogP contribution in [0.2, 0.25) is 0 Å². The van der Waals surface area contributed by atoms with Crippen molar-refractivity contribution in [2.24, 2.45) is 0 Å². The maximum atomic E-state index is 13.9. The number of piperazine rings is 1. The molecule has 1 aromatic heterocycles. The second-order valence-electron chi connectivity index (χ2n) is 5.82. The number of pyridine rings is 1. The lowest BCUT2D eigenvalue weighted by Gasteiger charge is -2.33. The third-order valence-corrected chi connectivity index (χ3v) is 4.07. The zero-order valence-electron chi connectivity index (χ0n) is 13.7. The molecule has 7 heteroatoms. The number of halogens is 1. The number of aromatic nitrogens is 1. The Morgan fingerprint density at radius 2 is 2.28 bits per heavy atom. The summed E-state index contributed by atoms with van der Waals surface area (Å²) >= 11 is 0. The van der Waals surface area contributed by atoms with Gasteiger partial charge in [0.15, 0.2) is 0 Å². The maximum absolute atomic E-state index is 13.9. The number of hydrogen-bond acceptors (Lipinski definition) is 6. The SMILES string of the molecule is N#Cc1ccc(COc2cccc(N3CCNC(CO)C3)n2)c(F)c1. The van der Waals surface area contributed by atoms with Crippen LogP contribution in [0.3, 0.4) is 0 Å². The highest BCUT2D eigenvalue weighted by Gasteiger charge is 2.19. The summed E-state index contributed by atoms with van der Waals surface area (Å²) < 4.78 is 19.5. The molecule has 0 radical (unpaired) electrons.